The minimum absolute atomic E-state index is 0.0361. The summed E-state index contributed by atoms with van der Waals surface area (Å²) in [6.07, 6.45) is -34.9. The van der Waals surface area contributed by atoms with Gasteiger partial charge in [-0.1, -0.05) is 39.2 Å². The van der Waals surface area contributed by atoms with Gasteiger partial charge >= 0.3 is 0 Å². The molecule has 556 valence electrons. The van der Waals surface area contributed by atoms with E-state index >= 15 is 0 Å². The topological polar surface area (TPSA) is 519 Å². The molecule has 1 aromatic rings. The number of benzene rings is 1. The summed E-state index contributed by atoms with van der Waals surface area (Å²) in [4.78, 5) is 65.0. The molecule has 6 aliphatic rings. The first-order valence-corrected chi connectivity index (χ1v) is 33.0. The molecule has 0 bridgehead atoms. The molecule has 0 aliphatic carbocycles. The molecule has 35 heteroatoms. The third-order valence-electron chi connectivity index (χ3n) is 17.8. The van der Waals surface area contributed by atoms with Gasteiger partial charge in [0.05, 0.1) is 51.8 Å². The van der Waals surface area contributed by atoms with E-state index in [1.54, 1.807) is 19.1 Å². The molecular formula is C63H99N5O30. The first-order valence-electron chi connectivity index (χ1n) is 33.0. The van der Waals surface area contributed by atoms with Crippen molar-refractivity contribution < 1.29 is 147 Å². The lowest BCUT2D eigenvalue weighted by Crippen LogP contribution is -2.72. The highest BCUT2D eigenvalue weighted by Crippen LogP contribution is 2.37. The number of aliphatic hydroxyl groups is 13. The number of hydrogen-bond donors (Lipinski definition) is 18. The summed E-state index contributed by atoms with van der Waals surface area (Å²) in [6.45, 7) is 5.14. The lowest BCUT2D eigenvalue weighted by atomic mass is 9.91. The standard InChI is InChI=1S/C63H99N5O30/c1-8-9-10-11-12-13-14-15-16-20-87-34-19-17-18-33(21-34)57(85)68-41-48(80)47(79)35(22-69)91-59(41)95-53-36(23-70)92-60(42(50(53)82)65-30(5)74)96-54-37(24-71)93-61(43(51(54)83)66-31(6)75)97-55-38(25-72)94-62(44(52(55)84)67-32(7)76)98-56-39(90-58(86)40(49(56)81)64-29(4)73)26-88-63-46(78)27(2)45(77)28(3)89-63/h17-19,21,27-28,35-56,58-63,69-72,77-84,86H,8-12,15-16,20,22-26H2,1-7H3,(H,64,73)(H,65,74)(H,66,75)(H,67,76)(H,68,85)/t27-,28?,35?,36-,37?,38-,39?,40-,41-,42?,43-,44?,45?,46+,47+,48+,49+,50?,51+,52?,53+,54?,55+,56?,58?,59?,60?,61-,62?,63+/m0/s1. The summed E-state index contributed by atoms with van der Waals surface area (Å²) in [5, 5.41) is 159. The fourth-order valence-electron chi connectivity index (χ4n) is 12.5. The molecule has 6 aliphatic heterocycles. The molecule has 6 saturated heterocycles. The molecule has 6 fully saturated rings. The van der Waals surface area contributed by atoms with Gasteiger partial charge in [0.15, 0.2) is 37.7 Å². The molecule has 5 amide bonds. The number of ether oxygens (including phenoxy) is 12. The molecule has 18 N–H and O–H groups in total. The molecule has 98 heavy (non-hydrogen) atoms. The molecule has 0 spiro atoms. The van der Waals surface area contributed by atoms with Crippen LogP contribution in [-0.2, 0) is 71.3 Å². The van der Waals surface area contributed by atoms with Crippen LogP contribution in [0.1, 0.15) is 104 Å². The van der Waals surface area contributed by atoms with Gasteiger partial charge in [0.25, 0.3) is 5.91 Å². The van der Waals surface area contributed by atoms with Crippen molar-refractivity contribution in [2.24, 2.45) is 5.92 Å². The zero-order valence-electron chi connectivity index (χ0n) is 55.6. The lowest BCUT2D eigenvalue weighted by molar-refractivity contribution is -0.368. The van der Waals surface area contributed by atoms with Gasteiger partial charge < -0.3 is 150 Å². The van der Waals surface area contributed by atoms with Gasteiger partial charge in [-0.25, -0.2) is 0 Å². The molecule has 0 aromatic heterocycles. The van der Waals surface area contributed by atoms with Gasteiger partial charge in [-0.2, -0.15) is 0 Å². The number of unbranched alkanes of at least 4 members (excludes halogenated alkanes) is 5. The van der Waals surface area contributed by atoms with Crippen molar-refractivity contribution >= 4 is 29.5 Å². The van der Waals surface area contributed by atoms with Crippen LogP contribution in [0, 0.1) is 17.8 Å². The number of aliphatic hydroxyl groups excluding tert-OH is 13. The summed E-state index contributed by atoms with van der Waals surface area (Å²) in [5.74, 6) is 1.88. The zero-order valence-corrected chi connectivity index (χ0v) is 55.6. The van der Waals surface area contributed by atoms with Gasteiger partial charge in [0, 0.05) is 52.0 Å². The highest BCUT2D eigenvalue weighted by Gasteiger charge is 2.58. The second-order valence-corrected chi connectivity index (χ2v) is 25.2. The van der Waals surface area contributed by atoms with Crippen molar-refractivity contribution in [3.8, 4) is 17.6 Å². The van der Waals surface area contributed by atoms with Crippen molar-refractivity contribution in [2.75, 3.05) is 39.6 Å². The van der Waals surface area contributed by atoms with E-state index in [0.717, 1.165) is 59.8 Å². The third-order valence-corrected chi connectivity index (χ3v) is 17.8. The van der Waals surface area contributed by atoms with Crippen molar-refractivity contribution in [3.63, 3.8) is 0 Å². The first kappa shape index (κ1) is 80.3. The Bertz CT molecular complexity index is 2770. The Morgan fingerprint density at radius 1 is 0.459 bits per heavy atom. The van der Waals surface area contributed by atoms with E-state index in [9.17, 15) is 90.4 Å². The van der Waals surface area contributed by atoms with Gasteiger partial charge in [-0.15, -0.1) is 11.8 Å². The van der Waals surface area contributed by atoms with Gasteiger partial charge in [0.1, 0.15) is 134 Å². The maximum absolute atomic E-state index is 13.9. The van der Waals surface area contributed by atoms with Crippen LogP contribution in [0.2, 0.25) is 0 Å². The molecule has 7 rings (SSSR count). The smallest absolute Gasteiger partial charge is 0.251 e. The second-order valence-electron chi connectivity index (χ2n) is 25.2. The minimum Gasteiger partial charge on any atom is -0.494 e. The van der Waals surface area contributed by atoms with Crippen LogP contribution in [0.25, 0.3) is 0 Å². The Balaban J connectivity index is 1.07. The van der Waals surface area contributed by atoms with E-state index in [-0.39, 0.29) is 12.2 Å². The Labute approximate surface area is 565 Å². The number of carbonyl (C=O) groups is 5. The van der Waals surface area contributed by atoms with E-state index in [0.29, 0.717) is 18.6 Å². The van der Waals surface area contributed by atoms with Crippen LogP contribution in [0.4, 0.5) is 0 Å². The maximum Gasteiger partial charge on any atom is 0.251 e. The zero-order chi connectivity index (χ0) is 71.8. The minimum atomic E-state index is -2.06. The average Bonchev–Trinajstić information content (AvgIpc) is 0.772. The fourth-order valence-corrected chi connectivity index (χ4v) is 12.5. The number of nitrogens with one attached hydrogen (secondary N) is 5. The molecule has 30 atom stereocenters. The molecule has 0 radical (unpaired) electrons. The van der Waals surface area contributed by atoms with Crippen LogP contribution < -0.4 is 31.3 Å². The van der Waals surface area contributed by atoms with Crippen LogP contribution in [-0.4, -0.2) is 313 Å². The Hall–Kier alpha value is -5.03. The molecule has 6 heterocycles. The predicted octanol–water partition coefficient (Wildman–Crippen LogP) is -6.65. The quantitative estimate of drug-likeness (QED) is 0.0262. The van der Waals surface area contributed by atoms with Crippen LogP contribution in [0.3, 0.4) is 0 Å². The number of amides is 5. The van der Waals surface area contributed by atoms with E-state index < -0.39 is 246 Å². The van der Waals surface area contributed by atoms with E-state index in [2.05, 4.69) is 45.3 Å². The largest absolute Gasteiger partial charge is 0.494 e. The Morgan fingerprint density at radius 3 is 1.35 bits per heavy atom. The van der Waals surface area contributed by atoms with Crippen LogP contribution in [0.5, 0.6) is 5.75 Å². The summed E-state index contributed by atoms with van der Waals surface area (Å²) >= 11 is 0. The molecule has 1 aromatic carbocycles. The van der Waals surface area contributed by atoms with Crippen molar-refractivity contribution in [2.45, 2.75) is 271 Å². The molecule has 0 saturated carbocycles. The van der Waals surface area contributed by atoms with Crippen molar-refractivity contribution in [1.82, 2.24) is 26.6 Å². The average molecular weight is 1410 g/mol. The molecule has 35 nitrogen and oxygen atoms in total. The number of hydrogen-bond acceptors (Lipinski definition) is 30. The highest BCUT2D eigenvalue weighted by molar-refractivity contribution is 5.94. The normalized spacial score (nSPS) is 39.6. The van der Waals surface area contributed by atoms with Gasteiger partial charge in [-0.05, 0) is 38.0 Å². The van der Waals surface area contributed by atoms with Gasteiger partial charge in [0.2, 0.25) is 23.6 Å². The summed E-state index contributed by atoms with van der Waals surface area (Å²) in [6, 6.07) is -2.48. The van der Waals surface area contributed by atoms with E-state index in [1.807, 2.05) is 0 Å². The summed E-state index contributed by atoms with van der Waals surface area (Å²) < 4.78 is 72.4. The van der Waals surface area contributed by atoms with Crippen LogP contribution >= 0.6 is 0 Å². The third kappa shape index (κ3) is 20.4. The Kier molecular flexibility index (Phi) is 30.9. The SMILES string of the molecule is CCCCCCC#CCCCOc1cccc(C(=O)N[C@@H]2C(O[C@H]3C(O)C(NC(C)=O)C(OC4C(CO)O[C@@H](O[C@H]5C(O)C(NC(C)=O)C(OC6C(CO[C@@H]7OC(C)C(O)[C@H](C)[C@H]7O)OC(O)[C@@H](NC(C)=O)[C@H]6O)O[C@H]5CO)[C@@H](NC(C)=O)[C@H]4O)O[C@H]3CO)OC(CO)[C@@H](O)[C@@H]2O)c1. The molecular weight excluding hydrogens is 1310 g/mol. The second kappa shape index (κ2) is 37.8. The van der Waals surface area contributed by atoms with Crippen molar-refractivity contribution in [1.29, 1.82) is 0 Å². The fraction of sp³-hybridized carbons (Fsp3) is 0.794. The number of rotatable bonds is 29. The van der Waals surface area contributed by atoms with E-state index in [1.165, 1.54) is 19.1 Å². The van der Waals surface area contributed by atoms with E-state index in [4.69, 9.17) is 56.8 Å². The highest BCUT2D eigenvalue weighted by atomic mass is 16.8. The lowest BCUT2D eigenvalue weighted by Gasteiger charge is -2.51. The summed E-state index contributed by atoms with van der Waals surface area (Å²) in [5.41, 5.74) is 0.0361. The number of carbonyl (C=O) groups excluding carboxylic acids is 5. The predicted molar refractivity (Wildman–Crippen MR) is 330 cm³/mol. The van der Waals surface area contributed by atoms with Gasteiger partial charge in [-0.3, -0.25) is 24.0 Å². The maximum atomic E-state index is 13.9. The molecule has 15 unspecified atom stereocenters. The monoisotopic (exact) mass is 1410 g/mol. The van der Waals surface area contributed by atoms with Crippen molar-refractivity contribution in [3.05, 3.63) is 29.8 Å². The first-order chi connectivity index (χ1) is 46.7. The Morgan fingerprint density at radius 2 is 0.888 bits per heavy atom. The van der Waals surface area contributed by atoms with Crippen LogP contribution in [0.15, 0.2) is 24.3 Å². The summed E-state index contributed by atoms with van der Waals surface area (Å²) in [7, 11) is 0.